The van der Waals surface area contributed by atoms with Gasteiger partial charge in [0.2, 0.25) is 0 Å². The molecule has 0 aliphatic carbocycles. The molecule has 1 nitrogen and oxygen atoms in total. The molecule has 0 heterocycles. The summed E-state index contributed by atoms with van der Waals surface area (Å²) in [5.74, 6) is -0.827. The van der Waals surface area contributed by atoms with Crippen LogP contribution in [0.15, 0.2) is 18.2 Å². The lowest BCUT2D eigenvalue weighted by Gasteiger charge is -2.09. The Bertz CT molecular complexity index is 374. The Labute approximate surface area is 104 Å². The van der Waals surface area contributed by atoms with Crippen LogP contribution in [0.4, 0.5) is 17.6 Å². The summed E-state index contributed by atoms with van der Waals surface area (Å²) >= 11 is 0. The van der Waals surface area contributed by atoms with Crippen LogP contribution in [0, 0.1) is 5.82 Å². The quantitative estimate of drug-likeness (QED) is 0.608. The van der Waals surface area contributed by atoms with Gasteiger partial charge in [0.25, 0.3) is 0 Å². The smallest absolute Gasteiger partial charge is 0.317 e. The predicted molar refractivity (Wildman–Crippen MR) is 62.9 cm³/mol. The molecule has 0 amide bonds. The Balaban J connectivity index is 2.58. The molecule has 1 N–H and O–H groups in total. The second-order valence-electron chi connectivity index (χ2n) is 4.16. The van der Waals surface area contributed by atoms with Crippen LogP contribution < -0.4 is 5.32 Å². The van der Waals surface area contributed by atoms with Gasteiger partial charge in [-0.1, -0.05) is 6.92 Å². The van der Waals surface area contributed by atoms with Gasteiger partial charge in [0.05, 0.1) is 5.56 Å². The van der Waals surface area contributed by atoms with Crippen molar-refractivity contribution in [1.29, 1.82) is 0 Å². The minimum absolute atomic E-state index is 0.402. The summed E-state index contributed by atoms with van der Waals surface area (Å²) in [4.78, 5) is 0. The summed E-state index contributed by atoms with van der Waals surface area (Å²) in [5, 5.41) is 3.13. The van der Waals surface area contributed by atoms with E-state index in [2.05, 4.69) is 5.32 Å². The first kappa shape index (κ1) is 15.0. The molecular weight excluding hydrogens is 246 g/mol. The highest BCUT2D eigenvalue weighted by Crippen LogP contribution is 2.30. The van der Waals surface area contributed by atoms with Gasteiger partial charge < -0.3 is 5.32 Å². The first-order valence-electron chi connectivity index (χ1n) is 6.01. The van der Waals surface area contributed by atoms with Crippen LogP contribution in [-0.2, 0) is 12.6 Å². The van der Waals surface area contributed by atoms with Crippen molar-refractivity contribution >= 4 is 0 Å². The molecule has 0 saturated carbocycles. The summed E-state index contributed by atoms with van der Waals surface area (Å²) in [5.41, 5.74) is -0.511. The van der Waals surface area contributed by atoms with Crippen LogP contribution in [0.25, 0.3) is 0 Å². The summed E-state index contributed by atoms with van der Waals surface area (Å²) in [6.07, 6.45) is -2.41. The molecule has 0 atom stereocenters. The molecule has 0 aliphatic rings. The van der Waals surface area contributed by atoms with Crippen molar-refractivity contribution in [1.82, 2.24) is 5.32 Å². The lowest BCUT2D eigenvalue weighted by Crippen LogP contribution is -2.14. The van der Waals surface area contributed by atoms with Gasteiger partial charge in [0.1, 0.15) is 5.82 Å². The van der Waals surface area contributed by atoms with Crippen LogP contribution in [0.5, 0.6) is 0 Å². The SMILES string of the molecule is CCNCCCCc1cc(F)cc(C(F)(F)F)c1. The van der Waals surface area contributed by atoms with Crippen molar-refractivity contribution in [3.8, 4) is 0 Å². The van der Waals surface area contributed by atoms with E-state index in [1.807, 2.05) is 6.92 Å². The molecule has 1 aromatic rings. The van der Waals surface area contributed by atoms with Crippen LogP contribution >= 0.6 is 0 Å². The molecule has 0 bridgehead atoms. The van der Waals surface area contributed by atoms with Gasteiger partial charge in [-0.25, -0.2) is 4.39 Å². The fourth-order valence-electron chi connectivity index (χ4n) is 1.71. The molecule has 0 fully saturated rings. The van der Waals surface area contributed by atoms with Crippen molar-refractivity contribution in [2.75, 3.05) is 13.1 Å². The Morgan fingerprint density at radius 1 is 1.11 bits per heavy atom. The molecule has 0 aromatic heterocycles. The second kappa shape index (κ2) is 6.73. The van der Waals surface area contributed by atoms with Gasteiger partial charge in [-0.05, 0) is 56.1 Å². The molecule has 5 heteroatoms. The van der Waals surface area contributed by atoms with Crippen LogP contribution in [-0.4, -0.2) is 13.1 Å². The monoisotopic (exact) mass is 263 g/mol. The Morgan fingerprint density at radius 3 is 2.44 bits per heavy atom. The molecule has 1 rings (SSSR count). The molecule has 0 unspecified atom stereocenters. The van der Waals surface area contributed by atoms with Crippen molar-refractivity contribution in [2.45, 2.75) is 32.4 Å². The van der Waals surface area contributed by atoms with E-state index in [0.717, 1.165) is 32.0 Å². The number of aryl methyl sites for hydroxylation is 1. The van der Waals surface area contributed by atoms with Gasteiger partial charge in [-0.3, -0.25) is 0 Å². The summed E-state index contributed by atoms with van der Waals surface area (Å²) < 4.78 is 50.5. The zero-order valence-electron chi connectivity index (χ0n) is 10.3. The van der Waals surface area contributed by atoms with Crippen molar-refractivity contribution in [2.24, 2.45) is 0 Å². The van der Waals surface area contributed by atoms with Gasteiger partial charge in [0.15, 0.2) is 0 Å². The van der Waals surface area contributed by atoms with Crippen LogP contribution in [0.2, 0.25) is 0 Å². The Kier molecular flexibility index (Phi) is 5.59. The highest BCUT2D eigenvalue weighted by Gasteiger charge is 2.31. The maximum Gasteiger partial charge on any atom is 0.416 e. The molecule has 18 heavy (non-hydrogen) atoms. The first-order valence-corrected chi connectivity index (χ1v) is 6.01. The molecule has 0 aliphatic heterocycles. The number of alkyl halides is 3. The van der Waals surface area contributed by atoms with E-state index in [0.29, 0.717) is 18.1 Å². The maximum atomic E-state index is 13.1. The number of halogens is 4. The topological polar surface area (TPSA) is 12.0 Å². The fourth-order valence-corrected chi connectivity index (χ4v) is 1.71. The molecule has 0 saturated heterocycles. The van der Waals surface area contributed by atoms with E-state index < -0.39 is 17.6 Å². The van der Waals surface area contributed by atoms with Crippen LogP contribution in [0.1, 0.15) is 30.9 Å². The Hall–Kier alpha value is -1.10. The van der Waals surface area contributed by atoms with Crippen molar-refractivity contribution in [3.05, 3.63) is 35.1 Å². The minimum atomic E-state index is -4.49. The molecular formula is C13H17F4N. The molecule has 102 valence electrons. The van der Waals surface area contributed by atoms with Gasteiger partial charge in [-0.2, -0.15) is 13.2 Å². The van der Waals surface area contributed by atoms with Crippen molar-refractivity contribution < 1.29 is 17.6 Å². The number of benzene rings is 1. The van der Waals surface area contributed by atoms with Crippen LogP contribution in [0.3, 0.4) is 0 Å². The third-order valence-corrected chi connectivity index (χ3v) is 2.60. The number of rotatable bonds is 6. The normalized spacial score (nSPS) is 11.8. The average Bonchev–Trinajstić information content (AvgIpc) is 2.27. The minimum Gasteiger partial charge on any atom is -0.317 e. The molecule has 1 aromatic carbocycles. The highest BCUT2D eigenvalue weighted by molar-refractivity contribution is 5.26. The van der Waals surface area contributed by atoms with E-state index in [1.54, 1.807) is 0 Å². The van der Waals surface area contributed by atoms with E-state index in [-0.39, 0.29) is 0 Å². The van der Waals surface area contributed by atoms with Gasteiger partial charge >= 0.3 is 6.18 Å². The Morgan fingerprint density at radius 2 is 1.83 bits per heavy atom. The van der Waals surface area contributed by atoms with E-state index >= 15 is 0 Å². The average molecular weight is 263 g/mol. The lowest BCUT2D eigenvalue weighted by atomic mass is 10.0. The number of nitrogens with one attached hydrogen (secondary N) is 1. The number of unbranched alkanes of at least 4 members (excludes halogenated alkanes) is 1. The van der Waals surface area contributed by atoms with Crippen molar-refractivity contribution in [3.63, 3.8) is 0 Å². The molecule has 0 spiro atoms. The molecule has 0 radical (unpaired) electrons. The zero-order chi connectivity index (χ0) is 13.6. The van der Waals surface area contributed by atoms with Gasteiger partial charge in [0, 0.05) is 0 Å². The van der Waals surface area contributed by atoms with Gasteiger partial charge in [-0.15, -0.1) is 0 Å². The predicted octanol–water partition coefficient (Wildman–Crippen LogP) is 3.78. The van der Waals surface area contributed by atoms with E-state index in [9.17, 15) is 17.6 Å². The zero-order valence-corrected chi connectivity index (χ0v) is 10.3. The number of hydrogen-bond donors (Lipinski definition) is 1. The summed E-state index contributed by atoms with van der Waals surface area (Å²) in [7, 11) is 0. The third-order valence-electron chi connectivity index (χ3n) is 2.60. The van der Waals surface area contributed by atoms with E-state index in [1.165, 1.54) is 6.07 Å². The van der Waals surface area contributed by atoms with E-state index in [4.69, 9.17) is 0 Å². The standard InChI is InChI=1S/C13H17F4N/c1-2-18-6-4-3-5-10-7-11(13(15,16)17)9-12(14)8-10/h7-9,18H,2-6H2,1H3. The maximum absolute atomic E-state index is 13.1. The second-order valence-corrected chi connectivity index (χ2v) is 4.16. The lowest BCUT2D eigenvalue weighted by molar-refractivity contribution is -0.137. The summed E-state index contributed by atoms with van der Waals surface area (Å²) in [6, 6.07) is 2.72. The third kappa shape index (κ3) is 5.04. The highest BCUT2D eigenvalue weighted by atomic mass is 19.4. The number of hydrogen-bond acceptors (Lipinski definition) is 1. The summed E-state index contributed by atoms with van der Waals surface area (Å²) in [6.45, 7) is 3.69. The first-order chi connectivity index (χ1) is 8.43. The largest absolute Gasteiger partial charge is 0.416 e. The fraction of sp³-hybridized carbons (Fsp3) is 0.538.